The van der Waals surface area contributed by atoms with Gasteiger partial charge in [-0.25, -0.2) is 0 Å². The smallest absolute Gasteiger partial charge is 0.174 e. The first-order valence-electron chi connectivity index (χ1n) is 3.70. The first kappa shape index (κ1) is 6.18. The number of hydrogen-bond donors (Lipinski definition) is 0. The molecule has 0 radical (unpaired) electrons. The molecular formula is C8H11NO. The van der Waals surface area contributed by atoms with Crippen LogP contribution in [0.15, 0.2) is 0 Å². The highest BCUT2D eigenvalue weighted by molar-refractivity contribution is 5.25. The van der Waals surface area contributed by atoms with Gasteiger partial charge in [-0.2, -0.15) is 5.26 Å². The Morgan fingerprint density at radius 3 is 2.30 bits per heavy atom. The molecule has 10 heavy (non-hydrogen) atoms. The van der Waals surface area contributed by atoms with Crippen LogP contribution in [0.25, 0.3) is 0 Å². The van der Waals surface area contributed by atoms with Gasteiger partial charge in [-0.3, -0.25) is 0 Å². The van der Waals surface area contributed by atoms with Crippen LogP contribution in [0.1, 0.15) is 26.7 Å². The summed E-state index contributed by atoms with van der Waals surface area (Å²) in [5.41, 5.74) is 0.231. The van der Waals surface area contributed by atoms with Crippen molar-refractivity contribution in [1.82, 2.24) is 0 Å². The zero-order valence-corrected chi connectivity index (χ0v) is 6.35. The number of epoxide rings is 1. The molecule has 2 heteroatoms. The maximum absolute atomic E-state index is 8.56. The van der Waals surface area contributed by atoms with Crippen LogP contribution >= 0.6 is 0 Å². The highest BCUT2D eigenvalue weighted by atomic mass is 16.6. The summed E-state index contributed by atoms with van der Waals surface area (Å²) in [4.78, 5) is 0. The molecule has 2 aliphatic rings. The highest BCUT2D eigenvalue weighted by Gasteiger charge is 2.71. The Hall–Kier alpha value is -0.550. The predicted molar refractivity (Wildman–Crippen MR) is 36.2 cm³/mol. The van der Waals surface area contributed by atoms with Crippen molar-refractivity contribution in [3.63, 3.8) is 0 Å². The van der Waals surface area contributed by atoms with Crippen molar-refractivity contribution in [2.75, 3.05) is 0 Å². The van der Waals surface area contributed by atoms with E-state index >= 15 is 0 Å². The van der Waals surface area contributed by atoms with Gasteiger partial charge in [-0.05, 0) is 18.3 Å². The monoisotopic (exact) mass is 137 g/mol. The van der Waals surface area contributed by atoms with Crippen molar-refractivity contribution in [2.45, 2.75) is 38.4 Å². The van der Waals surface area contributed by atoms with E-state index in [1.807, 2.05) is 0 Å². The summed E-state index contributed by atoms with van der Waals surface area (Å²) in [6, 6.07) is 2.17. The van der Waals surface area contributed by atoms with Crippen LogP contribution < -0.4 is 0 Å². The van der Waals surface area contributed by atoms with Gasteiger partial charge in [0.2, 0.25) is 0 Å². The van der Waals surface area contributed by atoms with E-state index in [0.717, 1.165) is 6.42 Å². The van der Waals surface area contributed by atoms with Gasteiger partial charge in [-0.1, -0.05) is 13.8 Å². The topological polar surface area (TPSA) is 36.3 Å². The minimum Gasteiger partial charge on any atom is -0.349 e. The fourth-order valence-corrected chi connectivity index (χ4v) is 1.88. The van der Waals surface area contributed by atoms with Gasteiger partial charge in [0, 0.05) is 0 Å². The van der Waals surface area contributed by atoms with E-state index in [9.17, 15) is 0 Å². The van der Waals surface area contributed by atoms with Gasteiger partial charge in [0.05, 0.1) is 6.07 Å². The van der Waals surface area contributed by atoms with Crippen LogP contribution in [0, 0.1) is 16.7 Å². The summed E-state index contributed by atoms with van der Waals surface area (Å²) < 4.78 is 5.34. The van der Waals surface area contributed by atoms with Crippen molar-refractivity contribution in [3.8, 4) is 6.07 Å². The summed E-state index contributed by atoms with van der Waals surface area (Å²) in [6.45, 7) is 4.35. The lowest BCUT2D eigenvalue weighted by atomic mass is 9.60. The second-order valence-electron chi connectivity index (χ2n) is 3.90. The summed E-state index contributed by atoms with van der Waals surface area (Å²) >= 11 is 0. The van der Waals surface area contributed by atoms with Crippen LogP contribution in [0.2, 0.25) is 0 Å². The summed E-state index contributed by atoms with van der Waals surface area (Å²) in [5.74, 6) is 0. The molecule has 2 atom stereocenters. The van der Waals surface area contributed by atoms with Crippen LogP contribution in [0.3, 0.4) is 0 Å². The predicted octanol–water partition coefficient (Wildman–Crippen LogP) is 1.47. The third kappa shape index (κ3) is 0.443. The minimum atomic E-state index is -0.101. The van der Waals surface area contributed by atoms with Crippen molar-refractivity contribution >= 4 is 0 Å². The molecule has 0 N–H and O–H groups in total. The molecule has 0 aromatic heterocycles. The average molecular weight is 137 g/mol. The van der Waals surface area contributed by atoms with E-state index in [2.05, 4.69) is 19.9 Å². The van der Waals surface area contributed by atoms with Crippen molar-refractivity contribution < 1.29 is 4.74 Å². The second kappa shape index (κ2) is 1.38. The molecule has 1 saturated heterocycles. The second-order valence-corrected chi connectivity index (χ2v) is 3.90. The molecule has 0 aromatic rings. The fraction of sp³-hybridized carbons (Fsp3) is 0.875. The maximum Gasteiger partial charge on any atom is 0.174 e. The third-order valence-corrected chi connectivity index (χ3v) is 3.08. The lowest BCUT2D eigenvalue weighted by Crippen LogP contribution is -2.45. The molecule has 0 amide bonds. The summed E-state index contributed by atoms with van der Waals surface area (Å²) in [6.07, 6.45) is 2.18. The highest BCUT2D eigenvalue weighted by Crippen LogP contribution is 2.63. The van der Waals surface area contributed by atoms with Gasteiger partial charge >= 0.3 is 0 Å². The molecular weight excluding hydrogens is 126 g/mol. The fourth-order valence-electron chi connectivity index (χ4n) is 1.88. The largest absolute Gasteiger partial charge is 0.349 e. The van der Waals surface area contributed by atoms with Crippen molar-refractivity contribution in [3.05, 3.63) is 0 Å². The first-order valence-corrected chi connectivity index (χ1v) is 3.70. The van der Waals surface area contributed by atoms with Gasteiger partial charge in [0.25, 0.3) is 0 Å². The molecule has 54 valence electrons. The van der Waals surface area contributed by atoms with Crippen LogP contribution in [0.4, 0.5) is 0 Å². The molecule has 1 aliphatic carbocycles. The SMILES string of the molecule is CC1(C)CCC12OC2C#N. The van der Waals surface area contributed by atoms with Gasteiger partial charge in [-0.15, -0.1) is 0 Å². The zero-order valence-electron chi connectivity index (χ0n) is 6.35. The zero-order chi connectivity index (χ0) is 7.41. The molecule has 0 bridgehead atoms. The number of rotatable bonds is 0. The van der Waals surface area contributed by atoms with Crippen molar-refractivity contribution in [1.29, 1.82) is 5.26 Å². The molecule has 2 fully saturated rings. The lowest BCUT2D eigenvalue weighted by Gasteiger charge is -2.42. The van der Waals surface area contributed by atoms with Crippen LogP contribution in [-0.2, 0) is 4.74 Å². The third-order valence-electron chi connectivity index (χ3n) is 3.08. The van der Waals surface area contributed by atoms with Gasteiger partial charge in [0.15, 0.2) is 6.10 Å². The van der Waals surface area contributed by atoms with E-state index in [4.69, 9.17) is 10.00 Å². The molecule has 1 heterocycles. The number of hydrogen-bond acceptors (Lipinski definition) is 2. The van der Waals surface area contributed by atoms with Crippen molar-refractivity contribution in [2.24, 2.45) is 5.41 Å². The molecule has 1 spiro atoms. The molecule has 1 saturated carbocycles. The van der Waals surface area contributed by atoms with Crippen LogP contribution in [-0.4, -0.2) is 11.7 Å². The molecule has 2 unspecified atom stereocenters. The van der Waals surface area contributed by atoms with Crippen LogP contribution in [0.5, 0.6) is 0 Å². The number of nitriles is 1. The van der Waals surface area contributed by atoms with E-state index < -0.39 is 0 Å². The van der Waals surface area contributed by atoms with E-state index in [-0.39, 0.29) is 17.1 Å². The first-order chi connectivity index (χ1) is 4.62. The Kier molecular flexibility index (Phi) is 0.851. The number of nitrogens with zero attached hydrogens (tertiary/aromatic N) is 1. The molecule has 1 aliphatic heterocycles. The standard InChI is InChI=1S/C8H11NO/c1-7(2)3-4-8(7)6(5-9)10-8/h6H,3-4H2,1-2H3. The van der Waals surface area contributed by atoms with E-state index in [0.29, 0.717) is 0 Å². The summed E-state index contributed by atoms with van der Waals surface area (Å²) in [5, 5.41) is 8.56. The average Bonchev–Trinajstić information content (AvgIpc) is 2.62. The Morgan fingerprint density at radius 2 is 2.20 bits per heavy atom. The Bertz CT molecular complexity index is 216. The Balaban J connectivity index is 2.17. The quantitative estimate of drug-likeness (QED) is 0.474. The maximum atomic E-state index is 8.56. The normalized spacial score (nSPS) is 47.9. The van der Waals surface area contributed by atoms with E-state index in [1.54, 1.807) is 0 Å². The lowest BCUT2D eigenvalue weighted by molar-refractivity contribution is 0.0270. The minimum absolute atomic E-state index is 0.0260. The van der Waals surface area contributed by atoms with Gasteiger partial charge in [0.1, 0.15) is 5.60 Å². The molecule has 2 nitrogen and oxygen atoms in total. The molecule has 0 aromatic carbocycles. The van der Waals surface area contributed by atoms with E-state index in [1.165, 1.54) is 6.42 Å². The molecule has 2 rings (SSSR count). The van der Waals surface area contributed by atoms with Gasteiger partial charge < -0.3 is 4.74 Å². The Morgan fingerprint density at radius 1 is 1.50 bits per heavy atom. The summed E-state index contributed by atoms with van der Waals surface area (Å²) in [7, 11) is 0. The Labute approximate surface area is 60.8 Å². The number of ether oxygens (including phenoxy) is 1.